The van der Waals surface area contributed by atoms with Crippen LogP contribution >= 0.6 is 11.6 Å². The van der Waals surface area contributed by atoms with Crippen LogP contribution in [-0.2, 0) is 25.1 Å². The molecule has 0 bridgehead atoms. The van der Waals surface area contributed by atoms with Gasteiger partial charge in [-0.05, 0) is 37.4 Å². The van der Waals surface area contributed by atoms with Crippen LogP contribution in [0.4, 0.5) is 34.5 Å². The highest BCUT2D eigenvalue weighted by Gasteiger charge is 2.21. The summed E-state index contributed by atoms with van der Waals surface area (Å²) in [6, 6.07) is 11.1. The van der Waals surface area contributed by atoms with E-state index in [0.29, 0.717) is 39.2 Å². The maximum absolute atomic E-state index is 12.3. The van der Waals surface area contributed by atoms with E-state index < -0.39 is 0 Å². The molecule has 0 atom stereocenters. The van der Waals surface area contributed by atoms with Gasteiger partial charge in [-0.1, -0.05) is 30.3 Å². The molecule has 5 rings (SSSR count). The Morgan fingerprint density at radius 2 is 1.88 bits per heavy atom. The summed E-state index contributed by atoms with van der Waals surface area (Å²) >= 11 is 6.48. The number of hydrogen-bond donors (Lipinski definition) is 4. The standard InChI is InChI=1S/C30H34ClN9O3/c1-4-28(42)34-24-16-23(20(18-41)15-25(24)40-13-11-38(2)12-14-40)36-30-33-17-21(31)29(37-30)35-22-7-5-6-8-26(22)43-19-27-32-9-10-39(27)3/h4-10,15-17,41H,1,11-14,18-19H2,2-3H3,(H,34,42)(H2,33,35,36,37). The number of aryl methyl sites for hydroxylation is 1. The Bertz CT molecular complexity index is 1600. The molecule has 43 heavy (non-hydrogen) atoms. The summed E-state index contributed by atoms with van der Waals surface area (Å²) in [7, 11) is 3.98. The highest BCUT2D eigenvalue weighted by Crippen LogP contribution is 2.36. The number of rotatable bonds is 11. The number of carbonyl (C=O) groups excluding carboxylic acids is 1. The maximum Gasteiger partial charge on any atom is 0.247 e. The average Bonchev–Trinajstić information content (AvgIpc) is 3.43. The van der Waals surface area contributed by atoms with E-state index in [4.69, 9.17) is 16.3 Å². The van der Waals surface area contributed by atoms with Crippen LogP contribution in [0.15, 0.2) is 67.6 Å². The third kappa shape index (κ3) is 7.23. The molecule has 0 spiro atoms. The van der Waals surface area contributed by atoms with Gasteiger partial charge in [0.1, 0.15) is 23.2 Å². The number of aliphatic hydroxyl groups is 1. The van der Waals surface area contributed by atoms with Crippen LogP contribution in [0.3, 0.4) is 0 Å². The van der Waals surface area contributed by atoms with Crippen molar-refractivity contribution in [3.05, 3.63) is 84.1 Å². The number of nitrogens with one attached hydrogen (secondary N) is 3. The number of nitrogens with zero attached hydrogens (tertiary/aromatic N) is 6. The molecule has 12 nitrogen and oxygen atoms in total. The Morgan fingerprint density at radius 3 is 2.60 bits per heavy atom. The summed E-state index contributed by atoms with van der Waals surface area (Å²) in [6.07, 6.45) is 6.28. The van der Waals surface area contributed by atoms with Crippen molar-refractivity contribution >= 4 is 52.0 Å². The summed E-state index contributed by atoms with van der Waals surface area (Å²) in [5, 5.41) is 19.9. The molecule has 0 aliphatic carbocycles. The molecule has 1 saturated heterocycles. The number of anilines is 6. The summed E-state index contributed by atoms with van der Waals surface area (Å²) in [5.41, 5.74) is 3.21. The zero-order valence-electron chi connectivity index (χ0n) is 24.0. The molecule has 4 aromatic rings. The van der Waals surface area contributed by atoms with Crippen molar-refractivity contribution in [2.24, 2.45) is 7.05 Å². The number of piperazine rings is 1. The van der Waals surface area contributed by atoms with Crippen LogP contribution in [0.5, 0.6) is 5.75 Å². The number of carbonyl (C=O) groups is 1. The lowest BCUT2D eigenvalue weighted by atomic mass is 10.1. The summed E-state index contributed by atoms with van der Waals surface area (Å²) in [5.74, 6) is 1.63. The van der Waals surface area contributed by atoms with Gasteiger partial charge >= 0.3 is 0 Å². The summed E-state index contributed by atoms with van der Waals surface area (Å²) in [4.78, 5) is 30.0. The minimum atomic E-state index is -0.337. The first kappa shape index (κ1) is 29.8. The minimum absolute atomic E-state index is 0.237. The molecule has 13 heteroatoms. The third-order valence-electron chi connectivity index (χ3n) is 7.09. The smallest absolute Gasteiger partial charge is 0.247 e. The number of amides is 1. The Hall–Kier alpha value is -4.65. The maximum atomic E-state index is 12.3. The number of para-hydroxylation sites is 2. The number of aliphatic hydroxyl groups excluding tert-OH is 1. The van der Waals surface area contributed by atoms with E-state index in [-0.39, 0.29) is 25.1 Å². The lowest BCUT2D eigenvalue weighted by Gasteiger charge is -2.35. The van der Waals surface area contributed by atoms with Crippen LogP contribution in [0, 0.1) is 0 Å². The molecule has 4 N–H and O–H groups in total. The number of ether oxygens (including phenoxy) is 1. The Morgan fingerprint density at radius 1 is 1.09 bits per heavy atom. The van der Waals surface area contributed by atoms with Gasteiger partial charge in [-0.3, -0.25) is 4.79 Å². The summed E-state index contributed by atoms with van der Waals surface area (Å²) in [6.45, 7) is 6.96. The van der Waals surface area contributed by atoms with E-state index in [9.17, 15) is 9.90 Å². The SMILES string of the molecule is C=CC(=O)Nc1cc(Nc2ncc(Cl)c(Nc3ccccc3OCc3nccn3C)n2)c(CO)cc1N1CCN(C)CC1. The second-order valence-electron chi connectivity index (χ2n) is 10.0. The molecule has 2 aromatic heterocycles. The number of aromatic nitrogens is 4. The molecule has 224 valence electrons. The van der Waals surface area contributed by atoms with Crippen LogP contribution < -0.4 is 25.6 Å². The highest BCUT2D eigenvalue weighted by atomic mass is 35.5. The van der Waals surface area contributed by atoms with Gasteiger partial charge in [-0.15, -0.1) is 0 Å². The number of benzene rings is 2. The van der Waals surface area contributed by atoms with E-state index in [1.807, 2.05) is 48.1 Å². The van der Waals surface area contributed by atoms with Crippen LogP contribution in [0.1, 0.15) is 11.4 Å². The van der Waals surface area contributed by atoms with Gasteiger partial charge in [-0.2, -0.15) is 4.98 Å². The van der Waals surface area contributed by atoms with Gasteiger partial charge < -0.3 is 40.2 Å². The number of halogens is 1. The first-order valence-electron chi connectivity index (χ1n) is 13.7. The van der Waals surface area contributed by atoms with Gasteiger partial charge in [0.05, 0.1) is 29.9 Å². The molecule has 2 aromatic carbocycles. The molecular weight excluding hydrogens is 570 g/mol. The Labute approximate surface area is 255 Å². The molecule has 0 unspecified atom stereocenters. The largest absolute Gasteiger partial charge is 0.484 e. The lowest BCUT2D eigenvalue weighted by Crippen LogP contribution is -2.44. The van der Waals surface area contributed by atoms with Crippen LogP contribution in [0.2, 0.25) is 5.02 Å². The van der Waals surface area contributed by atoms with Crippen molar-refractivity contribution in [3.8, 4) is 5.75 Å². The molecule has 3 heterocycles. The van der Waals surface area contributed by atoms with Gasteiger partial charge in [0.25, 0.3) is 0 Å². The van der Waals surface area contributed by atoms with Crippen LogP contribution in [0.25, 0.3) is 0 Å². The van der Waals surface area contributed by atoms with E-state index in [0.717, 1.165) is 37.7 Å². The fraction of sp³-hybridized carbons (Fsp3) is 0.267. The Kier molecular flexibility index (Phi) is 9.40. The van der Waals surface area contributed by atoms with Gasteiger partial charge in [0.2, 0.25) is 11.9 Å². The van der Waals surface area contributed by atoms with E-state index in [1.165, 1.54) is 12.3 Å². The first-order valence-corrected chi connectivity index (χ1v) is 14.1. The van der Waals surface area contributed by atoms with Crippen molar-refractivity contribution in [2.75, 3.05) is 54.1 Å². The average molecular weight is 604 g/mol. The first-order chi connectivity index (χ1) is 20.8. The van der Waals surface area contributed by atoms with E-state index >= 15 is 0 Å². The van der Waals surface area contributed by atoms with Gasteiger partial charge in [0, 0.05) is 56.9 Å². The van der Waals surface area contributed by atoms with E-state index in [1.54, 1.807) is 12.3 Å². The molecule has 1 aliphatic heterocycles. The fourth-order valence-corrected chi connectivity index (χ4v) is 4.75. The predicted octanol–water partition coefficient (Wildman–Crippen LogP) is 4.30. The van der Waals surface area contributed by atoms with Crippen molar-refractivity contribution in [1.29, 1.82) is 0 Å². The van der Waals surface area contributed by atoms with Crippen molar-refractivity contribution in [1.82, 2.24) is 24.4 Å². The van der Waals surface area contributed by atoms with Crippen molar-refractivity contribution < 1.29 is 14.6 Å². The zero-order chi connectivity index (χ0) is 30.3. The number of likely N-dealkylation sites (N-methyl/N-ethyl adjacent to an activating group) is 1. The van der Waals surface area contributed by atoms with Crippen LogP contribution in [-0.4, -0.2) is 68.7 Å². The normalized spacial score (nSPS) is 13.4. The predicted molar refractivity (Wildman–Crippen MR) is 168 cm³/mol. The molecule has 1 aliphatic rings. The fourth-order valence-electron chi connectivity index (χ4n) is 4.61. The lowest BCUT2D eigenvalue weighted by molar-refractivity contribution is -0.111. The molecular formula is C30H34ClN9O3. The number of imidazole rings is 1. The van der Waals surface area contributed by atoms with E-state index in [2.05, 4.69) is 54.3 Å². The molecule has 0 radical (unpaired) electrons. The van der Waals surface area contributed by atoms with Crippen molar-refractivity contribution in [2.45, 2.75) is 13.2 Å². The molecule has 1 fully saturated rings. The second-order valence-corrected chi connectivity index (χ2v) is 10.5. The highest BCUT2D eigenvalue weighted by molar-refractivity contribution is 6.33. The molecule has 0 saturated carbocycles. The van der Waals surface area contributed by atoms with Crippen molar-refractivity contribution in [3.63, 3.8) is 0 Å². The minimum Gasteiger partial charge on any atom is -0.484 e. The van der Waals surface area contributed by atoms with Gasteiger partial charge in [-0.25, -0.2) is 9.97 Å². The Balaban J connectivity index is 1.40. The molecule has 1 amide bonds. The third-order valence-corrected chi connectivity index (χ3v) is 7.36. The summed E-state index contributed by atoms with van der Waals surface area (Å²) < 4.78 is 7.92. The quantitative estimate of drug-likeness (QED) is 0.184. The number of hydrogen-bond acceptors (Lipinski definition) is 10. The van der Waals surface area contributed by atoms with Gasteiger partial charge in [0.15, 0.2) is 5.82 Å². The second kappa shape index (κ2) is 13.6. The topological polar surface area (TPSA) is 133 Å². The zero-order valence-corrected chi connectivity index (χ0v) is 24.8. The monoisotopic (exact) mass is 603 g/mol.